The Morgan fingerprint density at radius 3 is 2.18 bits per heavy atom. The van der Waals surface area contributed by atoms with Crippen molar-refractivity contribution in [2.24, 2.45) is 5.73 Å². The zero-order valence-corrected chi connectivity index (χ0v) is 6.28. The molecule has 11 heavy (non-hydrogen) atoms. The fourth-order valence-electron chi connectivity index (χ4n) is 0.448. The van der Waals surface area contributed by atoms with E-state index in [0.29, 0.717) is 0 Å². The number of carboxylic acid groups (broad SMARTS) is 2. The molecule has 64 valence electrons. The minimum atomic E-state index is -1.33. The molecule has 0 aliphatic rings. The summed E-state index contributed by atoms with van der Waals surface area (Å²) in [5, 5.41) is 15.4. The van der Waals surface area contributed by atoms with Crippen molar-refractivity contribution in [2.75, 3.05) is 0 Å². The smallest absolute Gasteiger partial charge is 0.322 e. The molecular weight excluding hydrogens is 174 g/mol. The topological polar surface area (TPSA) is 101 Å². The summed E-state index contributed by atoms with van der Waals surface area (Å²) in [4.78, 5) is 20.1. The van der Waals surface area contributed by atoms with Gasteiger partial charge in [0, 0.05) is 0 Å². The summed E-state index contributed by atoms with van der Waals surface area (Å²) in [6.45, 7) is 0. The third-order valence-electron chi connectivity index (χ3n) is 1.04. The Labute approximate surface area is 67.8 Å². The van der Waals surface area contributed by atoms with Crippen LogP contribution in [0.5, 0.6) is 0 Å². The molecule has 0 aromatic rings. The van der Waals surface area contributed by atoms with E-state index >= 15 is 0 Å². The van der Waals surface area contributed by atoms with Crippen LogP contribution in [0.3, 0.4) is 0 Å². The minimum Gasteiger partial charge on any atom is -0.481 e. The maximum atomic E-state index is 10.1. The molecule has 0 radical (unpaired) electrons. The molecule has 2 atom stereocenters. The quantitative estimate of drug-likeness (QED) is 0.507. The summed E-state index contributed by atoms with van der Waals surface area (Å²) < 4.78 is 0. The fourth-order valence-corrected chi connectivity index (χ4v) is 0.688. The summed E-state index contributed by atoms with van der Waals surface area (Å²) in [5.41, 5.74) is 5.01. The Morgan fingerprint density at radius 1 is 1.45 bits per heavy atom. The van der Waals surface area contributed by atoms with Gasteiger partial charge < -0.3 is 15.9 Å². The van der Waals surface area contributed by atoms with Gasteiger partial charge in [0.2, 0.25) is 0 Å². The van der Waals surface area contributed by atoms with Gasteiger partial charge in [-0.2, -0.15) is 0 Å². The minimum absolute atomic E-state index is 0.449. The molecule has 6 heteroatoms. The number of aliphatic carboxylic acids is 2. The molecule has 0 aromatic heterocycles. The van der Waals surface area contributed by atoms with E-state index in [4.69, 9.17) is 27.5 Å². The number of alkyl halides is 1. The number of carboxylic acids is 2. The monoisotopic (exact) mass is 181 g/mol. The molecule has 0 bridgehead atoms. The van der Waals surface area contributed by atoms with Gasteiger partial charge in [0.25, 0.3) is 0 Å². The van der Waals surface area contributed by atoms with Crippen LogP contribution in [0.25, 0.3) is 0 Å². The van der Waals surface area contributed by atoms with Crippen LogP contribution in [-0.4, -0.2) is 33.6 Å². The van der Waals surface area contributed by atoms with Crippen molar-refractivity contribution >= 4 is 23.5 Å². The average molecular weight is 182 g/mol. The van der Waals surface area contributed by atoms with Crippen LogP contribution in [0, 0.1) is 0 Å². The van der Waals surface area contributed by atoms with Gasteiger partial charge in [-0.05, 0) is 0 Å². The Kier molecular flexibility index (Phi) is 3.84. The highest BCUT2D eigenvalue weighted by Gasteiger charge is 2.23. The molecule has 0 heterocycles. The maximum absolute atomic E-state index is 10.1. The third kappa shape index (κ3) is 3.79. The van der Waals surface area contributed by atoms with E-state index in [-0.39, 0.29) is 0 Å². The average Bonchev–Trinajstić information content (AvgIpc) is 1.84. The van der Waals surface area contributed by atoms with E-state index in [1.54, 1.807) is 0 Å². The van der Waals surface area contributed by atoms with E-state index < -0.39 is 29.8 Å². The molecule has 4 N–H and O–H groups in total. The van der Waals surface area contributed by atoms with Crippen molar-refractivity contribution < 1.29 is 19.8 Å². The summed E-state index contributed by atoms with van der Waals surface area (Å²) in [5.74, 6) is -2.46. The van der Waals surface area contributed by atoms with Gasteiger partial charge >= 0.3 is 11.9 Å². The first-order valence-electron chi connectivity index (χ1n) is 2.79. The lowest BCUT2D eigenvalue weighted by atomic mass is 10.1. The van der Waals surface area contributed by atoms with Gasteiger partial charge in [0.1, 0.15) is 6.04 Å². The molecule has 0 amide bonds. The first-order chi connectivity index (χ1) is 4.95. The largest absolute Gasteiger partial charge is 0.481 e. The predicted octanol–water partition coefficient (Wildman–Crippen LogP) is -0.520. The first kappa shape index (κ1) is 10.2. The highest BCUT2D eigenvalue weighted by molar-refractivity contribution is 6.23. The van der Waals surface area contributed by atoms with Crippen LogP contribution in [0.2, 0.25) is 0 Å². The SMILES string of the molecule is N[C@H](C(=O)O)C(Cl)CC(=O)O. The van der Waals surface area contributed by atoms with Crippen molar-refractivity contribution in [3.63, 3.8) is 0 Å². The zero-order chi connectivity index (χ0) is 9.02. The van der Waals surface area contributed by atoms with E-state index in [9.17, 15) is 9.59 Å². The van der Waals surface area contributed by atoms with Crippen LogP contribution in [0.4, 0.5) is 0 Å². The molecular formula is C5H8ClNO4. The van der Waals surface area contributed by atoms with Gasteiger partial charge in [-0.3, -0.25) is 9.59 Å². The third-order valence-corrected chi connectivity index (χ3v) is 1.47. The molecule has 0 rings (SSSR count). The number of carbonyl (C=O) groups is 2. The zero-order valence-electron chi connectivity index (χ0n) is 5.53. The number of rotatable bonds is 4. The second-order valence-corrected chi connectivity index (χ2v) is 2.54. The molecule has 0 aliphatic carbocycles. The standard InChI is InChI=1S/C5H8ClNO4/c6-2(1-3(8)9)4(7)5(10)11/h2,4H,1,7H2,(H,8,9)(H,10,11)/t2?,4-/m0/s1. The van der Waals surface area contributed by atoms with Gasteiger partial charge in [-0.25, -0.2) is 0 Å². The van der Waals surface area contributed by atoms with Crippen LogP contribution >= 0.6 is 11.6 Å². The Bertz CT molecular complexity index is 172. The van der Waals surface area contributed by atoms with Crippen LogP contribution in [-0.2, 0) is 9.59 Å². The summed E-state index contributed by atoms with van der Waals surface area (Å²) in [6, 6.07) is -1.33. The lowest BCUT2D eigenvalue weighted by molar-refractivity contribution is -0.139. The number of hydrogen-bond acceptors (Lipinski definition) is 3. The molecule has 0 aromatic carbocycles. The second kappa shape index (κ2) is 4.15. The van der Waals surface area contributed by atoms with Crippen LogP contribution < -0.4 is 5.73 Å². The second-order valence-electron chi connectivity index (χ2n) is 1.98. The Hall–Kier alpha value is -0.810. The van der Waals surface area contributed by atoms with Crippen LogP contribution in [0.15, 0.2) is 0 Å². The van der Waals surface area contributed by atoms with E-state index in [0.717, 1.165) is 0 Å². The molecule has 0 saturated heterocycles. The summed E-state index contributed by atoms with van der Waals surface area (Å²) in [7, 11) is 0. The maximum Gasteiger partial charge on any atom is 0.322 e. The van der Waals surface area contributed by atoms with Crippen molar-refractivity contribution in [1.29, 1.82) is 0 Å². The molecule has 0 fully saturated rings. The molecule has 0 aliphatic heterocycles. The van der Waals surface area contributed by atoms with Crippen molar-refractivity contribution in [3.05, 3.63) is 0 Å². The summed E-state index contributed by atoms with van der Waals surface area (Å²) in [6.07, 6.45) is -0.449. The predicted molar refractivity (Wildman–Crippen MR) is 37.5 cm³/mol. The number of nitrogens with two attached hydrogens (primary N) is 1. The number of halogens is 1. The van der Waals surface area contributed by atoms with Gasteiger partial charge in [-0.1, -0.05) is 0 Å². The molecule has 1 unspecified atom stereocenters. The Morgan fingerprint density at radius 2 is 1.91 bits per heavy atom. The fraction of sp³-hybridized carbons (Fsp3) is 0.600. The highest BCUT2D eigenvalue weighted by atomic mass is 35.5. The van der Waals surface area contributed by atoms with Crippen molar-refractivity contribution in [2.45, 2.75) is 17.8 Å². The lowest BCUT2D eigenvalue weighted by Gasteiger charge is -2.10. The van der Waals surface area contributed by atoms with E-state index in [1.165, 1.54) is 0 Å². The van der Waals surface area contributed by atoms with Crippen molar-refractivity contribution in [3.8, 4) is 0 Å². The number of hydrogen-bond donors (Lipinski definition) is 3. The molecule has 0 spiro atoms. The highest BCUT2D eigenvalue weighted by Crippen LogP contribution is 2.05. The molecule has 0 saturated carbocycles. The summed E-state index contributed by atoms with van der Waals surface area (Å²) >= 11 is 5.33. The van der Waals surface area contributed by atoms with Crippen LogP contribution in [0.1, 0.15) is 6.42 Å². The van der Waals surface area contributed by atoms with Gasteiger partial charge in [-0.15, -0.1) is 11.6 Å². The molecule has 5 nitrogen and oxygen atoms in total. The van der Waals surface area contributed by atoms with Gasteiger partial charge in [0.15, 0.2) is 0 Å². The normalized spacial score (nSPS) is 15.5. The lowest BCUT2D eigenvalue weighted by Crippen LogP contribution is -2.39. The Balaban J connectivity index is 3.92. The van der Waals surface area contributed by atoms with E-state index in [1.807, 2.05) is 0 Å². The van der Waals surface area contributed by atoms with E-state index in [2.05, 4.69) is 0 Å². The van der Waals surface area contributed by atoms with Gasteiger partial charge in [0.05, 0.1) is 11.8 Å². The first-order valence-corrected chi connectivity index (χ1v) is 3.23. The van der Waals surface area contributed by atoms with Crippen molar-refractivity contribution in [1.82, 2.24) is 0 Å².